The Morgan fingerprint density at radius 2 is 1.88 bits per heavy atom. The Kier molecular flexibility index (Phi) is 6.88. The van der Waals surface area contributed by atoms with E-state index in [1.165, 1.54) is 32.0 Å². The zero-order valence-corrected chi connectivity index (χ0v) is 24.5. The topological polar surface area (TPSA) is 85.4 Å². The average Bonchev–Trinajstić information content (AvgIpc) is 3.43. The van der Waals surface area contributed by atoms with Gasteiger partial charge in [-0.05, 0) is 50.2 Å². The first-order valence-electron chi connectivity index (χ1n) is 13.3. The number of benzene rings is 2. The van der Waals surface area contributed by atoms with Crippen molar-refractivity contribution < 1.29 is 4.79 Å². The summed E-state index contributed by atoms with van der Waals surface area (Å²) < 4.78 is 4.23. The molecule has 6 rings (SSSR count). The van der Waals surface area contributed by atoms with Crippen LogP contribution in [0.5, 0.6) is 0 Å². The average molecular weight is 579 g/mol. The van der Waals surface area contributed by atoms with Crippen LogP contribution in [0.15, 0.2) is 57.2 Å². The van der Waals surface area contributed by atoms with Gasteiger partial charge in [-0.3, -0.25) is 18.7 Å². The maximum Gasteiger partial charge on any atom is 0.332 e. The quantitative estimate of drug-likeness (QED) is 0.338. The molecule has 40 heavy (non-hydrogen) atoms. The number of imidazole rings is 1. The van der Waals surface area contributed by atoms with Crippen molar-refractivity contribution in [3.8, 4) is 0 Å². The summed E-state index contributed by atoms with van der Waals surface area (Å²) in [5.74, 6) is 0.486. The number of aryl methyl sites for hydroxylation is 3. The first kappa shape index (κ1) is 26.9. The minimum absolute atomic E-state index is 0.0178. The summed E-state index contributed by atoms with van der Waals surface area (Å²) >= 11 is 7.59. The molecule has 0 bridgehead atoms. The summed E-state index contributed by atoms with van der Waals surface area (Å²) in [4.78, 5) is 49.3. The zero-order chi connectivity index (χ0) is 28.3. The van der Waals surface area contributed by atoms with Crippen LogP contribution in [0.4, 0.5) is 5.69 Å². The summed E-state index contributed by atoms with van der Waals surface area (Å²) in [6.07, 6.45) is 0.921. The van der Waals surface area contributed by atoms with Crippen molar-refractivity contribution in [1.82, 2.24) is 23.6 Å². The monoisotopic (exact) mass is 578 g/mol. The molecule has 2 aliphatic heterocycles. The summed E-state index contributed by atoms with van der Waals surface area (Å²) in [5.41, 5.74) is 3.80. The van der Waals surface area contributed by atoms with E-state index in [1.807, 2.05) is 11.0 Å². The van der Waals surface area contributed by atoms with E-state index in [-0.39, 0.29) is 24.2 Å². The molecule has 0 saturated carbocycles. The Bertz CT molecular complexity index is 1780. The minimum atomic E-state index is -0.472. The lowest BCUT2D eigenvalue weighted by Crippen LogP contribution is -2.47. The number of carbonyl (C=O) groups is 1. The molecule has 0 radical (unpaired) electrons. The van der Waals surface area contributed by atoms with Crippen LogP contribution in [0.3, 0.4) is 0 Å². The molecule has 208 valence electrons. The number of piperidine rings is 1. The number of amides is 1. The number of hydrogen-bond donors (Lipinski definition) is 0. The fraction of sp³-hybridized carbons (Fsp3) is 0.379. The lowest BCUT2D eigenvalue weighted by Gasteiger charge is -2.36. The van der Waals surface area contributed by atoms with Gasteiger partial charge in [-0.25, -0.2) is 9.78 Å². The van der Waals surface area contributed by atoms with Crippen molar-refractivity contribution in [3.63, 3.8) is 0 Å². The number of rotatable bonds is 5. The van der Waals surface area contributed by atoms with Crippen LogP contribution in [0, 0.1) is 6.92 Å². The van der Waals surface area contributed by atoms with Gasteiger partial charge >= 0.3 is 5.69 Å². The standard InChI is InChI=1S/C29H31ClN6O3S/c1-17-9-10-22-19(13-17)20-15-32(2)12-11-23(20)36(22)24(37)16-40-28-31-26-25(33(28)3)27(38)35(29(39)34(26)4)14-18-7-5-6-8-21(18)30/h5-10,13,20,23H,11-12,14-16H2,1-4H3. The molecule has 4 aromatic rings. The van der Waals surface area contributed by atoms with E-state index >= 15 is 0 Å². The number of halogens is 1. The fourth-order valence-corrected chi connectivity index (χ4v) is 7.11. The highest BCUT2D eigenvalue weighted by Gasteiger charge is 2.43. The minimum Gasteiger partial charge on any atom is -0.316 e. The van der Waals surface area contributed by atoms with E-state index in [2.05, 4.69) is 42.1 Å². The van der Waals surface area contributed by atoms with Gasteiger partial charge < -0.3 is 14.4 Å². The molecule has 2 aliphatic rings. The molecule has 2 aromatic heterocycles. The van der Waals surface area contributed by atoms with Crippen molar-refractivity contribution in [1.29, 1.82) is 0 Å². The highest BCUT2D eigenvalue weighted by atomic mass is 35.5. The first-order valence-corrected chi connectivity index (χ1v) is 14.7. The van der Waals surface area contributed by atoms with E-state index in [9.17, 15) is 14.4 Å². The summed E-state index contributed by atoms with van der Waals surface area (Å²) in [5, 5.41) is 0.996. The summed E-state index contributed by atoms with van der Waals surface area (Å²) in [7, 11) is 5.48. The second-order valence-electron chi connectivity index (χ2n) is 10.8. The third-order valence-corrected chi connectivity index (χ3v) is 9.54. The third kappa shape index (κ3) is 4.38. The number of fused-ring (bicyclic) bond motifs is 4. The van der Waals surface area contributed by atoms with Crippen molar-refractivity contribution in [3.05, 3.63) is 85.0 Å². The molecule has 1 fully saturated rings. The van der Waals surface area contributed by atoms with E-state index in [0.717, 1.165) is 25.2 Å². The van der Waals surface area contributed by atoms with Gasteiger partial charge in [0, 0.05) is 43.3 Å². The Morgan fingerprint density at radius 3 is 2.65 bits per heavy atom. The van der Waals surface area contributed by atoms with Crippen molar-refractivity contribution in [2.45, 2.75) is 37.0 Å². The number of carbonyl (C=O) groups excluding carboxylic acids is 1. The molecule has 1 saturated heterocycles. The molecular formula is C29H31ClN6O3S. The summed E-state index contributed by atoms with van der Waals surface area (Å²) in [6.45, 7) is 4.02. The number of likely N-dealkylation sites (N-methyl/N-ethyl adjacent to an activating group) is 1. The Balaban J connectivity index is 1.30. The molecule has 0 spiro atoms. The van der Waals surface area contributed by atoms with Gasteiger partial charge in [-0.15, -0.1) is 0 Å². The van der Waals surface area contributed by atoms with Crippen LogP contribution in [0.25, 0.3) is 11.2 Å². The Morgan fingerprint density at radius 1 is 1.10 bits per heavy atom. The first-order chi connectivity index (χ1) is 19.2. The van der Waals surface area contributed by atoms with Gasteiger partial charge in [0.1, 0.15) is 0 Å². The third-order valence-electron chi connectivity index (χ3n) is 8.15. The number of thioether (sulfide) groups is 1. The van der Waals surface area contributed by atoms with Crippen molar-refractivity contribution >= 4 is 46.1 Å². The molecule has 4 heterocycles. The van der Waals surface area contributed by atoms with E-state index in [0.29, 0.717) is 32.8 Å². The maximum absolute atomic E-state index is 13.7. The molecule has 0 N–H and O–H groups in total. The van der Waals surface area contributed by atoms with Gasteiger partial charge in [-0.2, -0.15) is 0 Å². The van der Waals surface area contributed by atoms with Crippen LogP contribution in [0.1, 0.15) is 29.0 Å². The molecule has 2 unspecified atom stereocenters. The van der Waals surface area contributed by atoms with Gasteiger partial charge in [0.2, 0.25) is 5.91 Å². The number of likely N-dealkylation sites (tertiary alicyclic amines) is 1. The van der Waals surface area contributed by atoms with Gasteiger partial charge in [0.05, 0.1) is 12.3 Å². The lowest BCUT2D eigenvalue weighted by molar-refractivity contribution is -0.116. The fourth-order valence-electron chi connectivity index (χ4n) is 6.09. The number of nitrogens with zero attached hydrogens (tertiary/aromatic N) is 6. The maximum atomic E-state index is 13.7. The molecular weight excluding hydrogens is 548 g/mol. The predicted octanol–water partition coefficient (Wildman–Crippen LogP) is 3.37. The number of anilines is 1. The van der Waals surface area contributed by atoms with Gasteiger partial charge in [0.15, 0.2) is 16.3 Å². The zero-order valence-electron chi connectivity index (χ0n) is 22.9. The van der Waals surface area contributed by atoms with Crippen LogP contribution < -0.4 is 16.1 Å². The highest BCUT2D eigenvalue weighted by molar-refractivity contribution is 7.99. The lowest BCUT2D eigenvalue weighted by atomic mass is 9.89. The number of hydrogen-bond acceptors (Lipinski definition) is 6. The predicted molar refractivity (Wildman–Crippen MR) is 159 cm³/mol. The van der Waals surface area contributed by atoms with E-state index < -0.39 is 11.2 Å². The molecule has 2 aromatic carbocycles. The van der Waals surface area contributed by atoms with E-state index in [1.54, 1.807) is 36.9 Å². The largest absolute Gasteiger partial charge is 0.332 e. The Labute approximate surface area is 241 Å². The highest BCUT2D eigenvalue weighted by Crippen LogP contribution is 2.45. The Hall–Kier alpha value is -3.34. The second-order valence-corrected chi connectivity index (χ2v) is 12.1. The van der Waals surface area contributed by atoms with Crippen molar-refractivity contribution in [2.24, 2.45) is 14.1 Å². The van der Waals surface area contributed by atoms with Crippen LogP contribution in [-0.2, 0) is 25.4 Å². The van der Waals surface area contributed by atoms with Gasteiger partial charge in [-0.1, -0.05) is 59.3 Å². The molecule has 11 heteroatoms. The summed E-state index contributed by atoms with van der Waals surface area (Å²) in [6, 6.07) is 13.6. The second kappa shape index (κ2) is 10.2. The van der Waals surface area contributed by atoms with E-state index in [4.69, 9.17) is 11.6 Å². The normalized spacial score (nSPS) is 18.8. The molecule has 1 amide bonds. The SMILES string of the molecule is Cc1ccc2c(c1)C1CN(C)CCC1N2C(=O)CSc1nc2c(c(=O)n(Cc3ccccc3Cl)c(=O)n2C)n1C. The smallest absolute Gasteiger partial charge is 0.316 e. The number of aromatic nitrogens is 4. The molecule has 0 aliphatic carbocycles. The molecule has 2 atom stereocenters. The van der Waals surface area contributed by atoms with Crippen LogP contribution in [0.2, 0.25) is 5.02 Å². The van der Waals surface area contributed by atoms with Gasteiger partial charge in [0.25, 0.3) is 5.56 Å². The van der Waals surface area contributed by atoms with Crippen LogP contribution >= 0.6 is 23.4 Å². The van der Waals surface area contributed by atoms with Crippen LogP contribution in [-0.4, -0.2) is 61.4 Å². The molecule has 9 nitrogen and oxygen atoms in total. The van der Waals surface area contributed by atoms with Crippen molar-refractivity contribution in [2.75, 3.05) is 30.8 Å².